The van der Waals surface area contributed by atoms with E-state index in [0.717, 1.165) is 51.4 Å². The summed E-state index contributed by atoms with van der Waals surface area (Å²) in [5.41, 5.74) is 2.50. The van der Waals surface area contributed by atoms with E-state index in [1.54, 1.807) is 0 Å². The zero-order valence-corrected chi connectivity index (χ0v) is 14.8. The Morgan fingerprint density at radius 1 is 1.29 bits per heavy atom. The summed E-state index contributed by atoms with van der Waals surface area (Å²) >= 11 is 0. The molecule has 0 radical (unpaired) electrons. The highest BCUT2D eigenvalue weighted by Gasteiger charge is 2.54. The SMILES string of the molecule is CC(C)(C)OC(=O)N1CC2(C1)CN(c1ccnc3c1CCCN3)C2. The van der Waals surface area contributed by atoms with Gasteiger partial charge in [0.05, 0.1) is 0 Å². The Morgan fingerprint density at radius 3 is 2.75 bits per heavy atom. The number of aromatic nitrogens is 1. The average molecular weight is 330 g/mol. The quantitative estimate of drug-likeness (QED) is 0.857. The molecule has 130 valence electrons. The summed E-state index contributed by atoms with van der Waals surface area (Å²) in [5, 5.41) is 3.39. The number of likely N-dealkylation sites (tertiary alicyclic amines) is 1. The minimum Gasteiger partial charge on any atom is -0.444 e. The van der Waals surface area contributed by atoms with Gasteiger partial charge in [-0.15, -0.1) is 0 Å². The highest BCUT2D eigenvalue weighted by atomic mass is 16.6. The summed E-state index contributed by atoms with van der Waals surface area (Å²) in [4.78, 5) is 20.8. The van der Waals surface area contributed by atoms with Crippen LogP contribution in [-0.2, 0) is 11.2 Å². The van der Waals surface area contributed by atoms with Crippen LogP contribution in [0.4, 0.5) is 16.3 Å². The molecule has 1 amide bonds. The smallest absolute Gasteiger partial charge is 0.410 e. The van der Waals surface area contributed by atoms with Crippen LogP contribution < -0.4 is 10.2 Å². The van der Waals surface area contributed by atoms with E-state index in [-0.39, 0.29) is 11.5 Å². The summed E-state index contributed by atoms with van der Waals surface area (Å²) in [6.07, 6.45) is 3.97. The molecule has 0 aromatic carbocycles. The lowest BCUT2D eigenvalue weighted by Crippen LogP contribution is -2.73. The number of carbonyl (C=O) groups is 1. The molecule has 2 saturated heterocycles. The largest absolute Gasteiger partial charge is 0.444 e. The topological polar surface area (TPSA) is 57.7 Å². The normalized spacial score (nSPS) is 21.5. The second kappa shape index (κ2) is 5.26. The first kappa shape index (κ1) is 15.5. The number of amides is 1. The van der Waals surface area contributed by atoms with E-state index in [9.17, 15) is 4.79 Å². The van der Waals surface area contributed by atoms with Gasteiger partial charge in [-0.2, -0.15) is 0 Å². The number of ether oxygens (including phenoxy) is 1. The molecular formula is C18H26N4O2. The fourth-order valence-electron chi connectivity index (χ4n) is 4.00. The van der Waals surface area contributed by atoms with Crippen molar-refractivity contribution in [2.45, 2.75) is 39.2 Å². The molecule has 0 saturated carbocycles. The molecule has 1 N–H and O–H groups in total. The van der Waals surface area contributed by atoms with Crippen molar-refractivity contribution in [3.05, 3.63) is 17.8 Å². The Kier molecular flexibility index (Phi) is 3.41. The van der Waals surface area contributed by atoms with Crippen molar-refractivity contribution in [1.82, 2.24) is 9.88 Å². The molecule has 6 heteroatoms. The van der Waals surface area contributed by atoms with E-state index in [1.807, 2.05) is 31.9 Å². The molecule has 3 aliphatic rings. The van der Waals surface area contributed by atoms with Crippen LogP contribution in [0.25, 0.3) is 0 Å². The van der Waals surface area contributed by atoms with Crippen LogP contribution in [-0.4, -0.2) is 54.3 Å². The number of pyridine rings is 1. The van der Waals surface area contributed by atoms with Crippen molar-refractivity contribution in [3.63, 3.8) is 0 Å². The van der Waals surface area contributed by atoms with Crippen molar-refractivity contribution in [2.75, 3.05) is 42.9 Å². The second-order valence-electron chi connectivity index (χ2n) is 8.38. The van der Waals surface area contributed by atoms with Crippen LogP contribution >= 0.6 is 0 Å². The van der Waals surface area contributed by atoms with E-state index in [4.69, 9.17) is 4.74 Å². The fourth-order valence-corrected chi connectivity index (χ4v) is 4.00. The van der Waals surface area contributed by atoms with Crippen molar-refractivity contribution in [1.29, 1.82) is 0 Å². The van der Waals surface area contributed by atoms with E-state index >= 15 is 0 Å². The van der Waals surface area contributed by atoms with E-state index in [0.29, 0.717) is 0 Å². The van der Waals surface area contributed by atoms with Crippen molar-refractivity contribution < 1.29 is 9.53 Å². The van der Waals surface area contributed by atoms with Gasteiger partial charge in [0, 0.05) is 55.6 Å². The van der Waals surface area contributed by atoms with Crippen molar-refractivity contribution >= 4 is 17.6 Å². The van der Waals surface area contributed by atoms with E-state index in [2.05, 4.69) is 21.3 Å². The molecule has 2 fully saturated rings. The maximum atomic E-state index is 12.1. The monoisotopic (exact) mass is 330 g/mol. The van der Waals surface area contributed by atoms with Gasteiger partial charge in [0.2, 0.25) is 0 Å². The molecule has 1 aromatic heterocycles. The molecule has 24 heavy (non-hydrogen) atoms. The predicted molar refractivity (Wildman–Crippen MR) is 93.5 cm³/mol. The number of carbonyl (C=O) groups excluding carboxylic acids is 1. The highest BCUT2D eigenvalue weighted by molar-refractivity contribution is 5.71. The van der Waals surface area contributed by atoms with Crippen LogP contribution in [0.2, 0.25) is 0 Å². The lowest BCUT2D eigenvalue weighted by Gasteiger charge is -2.60. The molecule has 0 bridgehead atoms. The first-order chi connectivity index (χ1) is 11.4. The van der Waals surface area contributed by atoms with E-state index in [1.165, 1.54) is 11.3 Å². The molecule has 4 rings (SSSR count). The lowest BCUT2D eigenvalue weighted by molar-refractivity contribution is -0.0453. The summed E-state index contributed by atoms with van der Waals surface area (Å²) < 4.78 is 5.45. The Balaban J connectivity index is 1.36. The molecule has 1 spiro atoms. The van der Waals surface area contributed by atoms with Crippen LogP contribution in [0.5, 0.6) is 0 Å². The molecule has 6 nitrogen and oxygen atoms in total. The van der Waals surface area contributed by atoms with Gasteiger partial charge < -0.3 is 19.9 Å². The molecular weight excluding hydrogens is 304 g/mol. The number of hydrogen-bond acceptors (Lipinski definition) is 5. The summed E-state index contributed by atoms with van der Waals surface area (Å²) in [6.45, 7) is 10.4. The Hall–Kier alpha value is -1.98. The standard InChI is InChI=1S/C18H26N4O2/c1-17(2,3)24-16(23)22-11-18(12-22)9-21(10-18)14-6-8-20-15-13(14)5-4-7-19-15/h6,8H,4-5,7,9-12H2,1-3H3,(H,19,20). The average Bonchev–Trinajstić information content (AvgIpc) is 2.42. The Bertz CT molecular complexity index is 653. The summed E-state index contributed by atoms with van der Waals surface area (Å²) in [6, 6.07) is 2.13. The zero-order chi connectivity index (χ0) is 16.9. The maximum Gasteiger partial charge on any atom is 0.410 e. The maximum absolute atomic E-state index is 12.1. The molecule has 1 aromatic rings. The second-order valence-corrected chi connectivity index (χ2v) is 8.38. The van der Waals surface area contributed by atoms with E-state index < -0.39 is 5.60 Å². The Morgan fingerprint density at radius 2 is 2.04 bits per heavy atom. The molecule has 0 atom stereocenters. The minimum absolute atomic E-state index is 0.183. The molecule has 0 aliphatic carbocycles. The van der Waals surface area contributed by atoms with Gasteiger partial charge in [0.1, 0.15) is 11.4 Å². The van der Waals surface area contributed by atoms with Gasteiger partial charge in [-0.3, -0.25) is 0 Å². The molecule has 3 aliphatic heterocycles. The van der Waals surface area contributed by atoms with Crippen molar-refractivity contribution in [2.24, 2.45) is 5.41 Å². The molecule has 4 heterocycles. The predicted octanol–water partition coefficient (Wildman–Crippen LogP) is 2.50. The van der Waals surface area contributed by atoms with Gasteiger partial charge >= 0.3 is 6.09 Å². The van der Waals surface area contributed by atoms with Gasteiger partial charge in [-0.1, -0.05) is 0 Å². The number of anilines is 2. The molecule has 0 unspecified atom stereocenters. The van der Waals surface area contributed by atoms with Gasteiger partial charge in [-0.25, -0.2) is 9.78 Å². The zero-order valence-electron chi connectivity index (χ0n) is 14.8. The third-order valence-electron chi connectivity index (χ3n) is 5.02. The van der Waals surface area contributed by atoms with Crippen LogP contribution in [0.3, 0.4) is 0 Å². The number of hydrogen-bond donors (Lipinski definition) is 1. The summed E-state index contributed by atoms with van der Waals surface area (Å²) in [7, 11) is 0. The van der Waals surface area contributed by atoms with Crippen LogP contribution in [0.1, 0.15) is 32.8 Å². The van der Waals surface area contributed by atoms with Crippen LogP contribution in [0, 0.1) is 5.41 Å². The Labute approximate surface area is 143 Å². The van der Waals surface area contributed by atoms with Gasteiger partial charge in [-0.05, 0) is 39.7 Å². The number of rotatable bonds is 1. The summed E-state index contributed by atoms with van der Waals surface area (Å²) in [5.74, 6) is 1.05. The van der Waals surface area contributed by atoms with Gasteiger partial charge in [0.15, 0.2) is 0 Å². The first-order valence-electron chi connectivity index (χ1n) is 8.80. The fraction of sp³-hybridized carbons (Fsp3) is 0.667. The number of nitrogens with one attached hydrogen (secondary N) is 1. The first-order valence-corrected chi connectivity index (χ1v) is 8.80. The third-order valence-corrected chi connectivity index (χ3v) is 5.02. The lowest BCUT2D eigenvalue weighted by atomic mass is 9.72. The van der Waals surface area contributed by atoms with Crippen molar-refractivity contribution in [3.8, 4) is 0 Å². The van der Waals surface area contributed by atoms with Gasteiger partial charge in [0.25, 0.3) is 0 Å². The third kappa shape index (κ3) is 2.68. The highest BCUT2D eigenvalue weighted by Crippen LogP contribution is 2.44. The number of nitrogens with zero attached hydrogens (tertiary/aromatic N) is 3. The van der Waals surface area contributed by atoms with Crippen LogP contribution in [0.15, 0.2) is 12.3 Å². The minimum atomic E-state index is -0.422. The number of fused-ring (bicyclic) bond motifs is 1.